The molecule has 1 saturated heterocycles. The van der Waals surface area contributed by atoms with E-state index >= 15 is 0 Å². The van der Waals surface area contributed by atoms with Gasteiger partial charge in [0.05, 0.1) is 16.7 Å². The van der Waals surface area contributed by atoms with Gasteiger partial charge in [-0.1, -0.05) is 12.1 Å². The number of carboxylic acid groups (broad SMARTS) is 1. The molecule has 0 bridgehead atoms. The molecule has 14 heteroatoms. The van der Waals surface area contributed by atoms with Crippen molar-refractivity contribution >= 4 is 24.3 Å². The number of nitrogens with zero attached hydrogens (tertiary/aromatic N) is 1. The Balaban J connectivity index is 0.00000462. The van der Waals surface area contributed by atoms with E-state index in [1.807, 2.05) is 0 Å². The zero-order chi connectivity index (χ0) is 29.2. The van der Waals surface area contributed by atoms with E-state index in [1.54, 1.807) is 31.2 Å². The molecule has 41 heavy (non-hydrogen) atoms. The number of benzene rings is 2. The summed E-state index contributed by atoms with van der Waals surface area (Å²) in [6.45, 7) is 3.24. The first-order chi connectivity index (χ1) is 18.8. The molecule has 0 radical (unpaired) electrons. The van der Waals surface area contributed by atoms with Crippen LogP contribution in [0.15, 0.2) is 42.5 Å². The lowest BCUT2D eigenvalue weighted by molar-refractivity contribution is -0.150. The van der Waals surface area contributed by atoms with Crippen LogP contribution < -0.4 is 10.1 Å². The van der Waals surface area contributed by atoms with Gasteiger partial charge in [0.2, 0.25) is 0 Å². The van der Waals surface area contributed by atoms with E-state index in [2.05, 4.69) is 5.32 Å². The van der Waals surface area contributed by atoms with Gasteiger partial charge in [-0.15, -0.1) is 12.4 Å². The predicted octanol–water partition coefficient (Wildman–Crippen LogP) is 4.92. The molecule has 2 aliphatic rings. The van der Waals surface area contributed by atoms with Crippen LogP contribution in [-0.2, 0) is 28.3 Å². The second kappa shape index (κ2) is 12.9. The van der Waals surface area contributed by atoms with Crippen LogP contribution in [0.4, 0.5) is 26.3 Å². The van der Waals surface area contributed by atoms with Crippen LogP contribution in [0, 0.1) is 11.8 Å². The highest BCUT2D eigenvalue weighted by atomic mass is 35.5. The number of rotatable bonds is 11. The van der Waals surface area contributed by atoms with Gasteiger partial charge in [0, 0.05) is 38.7 Å². The summed E-state index contributed by atoms with van der Waals surface area (Å²) in [5.74, 6) is -1.29. The van der Waals surface area contributed by atoms with Crippen molar-refractivity contribution in [2.24, 2.45) is 11.8 Å². The van der Waals surface area contributed by atoms with Gasteiger partial charge in [0.15, 0.2) is 6.10 Å². The summed E-state index contributed by atoms with van der Waals surface area (Å²) in [5.41, 5.74) is -3.06. The van der Waals surface area contributed by atoms with E-state index in [0.29, 0.717) is 37.6 Å². The number of ether oxygens (including phenoxy) is 2. The highest BCUT2D eigenvalue weighted by Crippen LogP contribution is 2.46. The van der Waals surface area contributed by atoms with E-state index in [9.17, 15) is 41.0 Å². The lowest BCUT2D eigenvalue weighted by atomic mass is 10.0. The lowest BCUT2D eigenvalue weighted by Crippen LogP contribution is -2.37. The molecule has 1 heterocycles. The fraction of sp³-hybridized carbons (Fsp3) is 0.481. The molecule has 226 valence electrons. The molecule has 7 nitrogen and oxygen atoms in total. The molecule has 2 fully saturated rings. The van der Waals surface area contributed by atoms with Gasteiger partial charge in [-0.3, -0.25) is 4.79 Å². The number of carbonyl (C=O) groups excluding carboxylic acids is 1. The second-order valence-electron chi connectivity index (χ2n) is 9.75. The van der Waals surface area contributed by atoms with Crippen LogP contribution in [-0.4, -0.2) is 66.9 Å². The highest BCUT2D eigenvalue weighted by Gasteiger charge is 2.56. The van der Waals surface area contributed by atoms with Crippen molar-refractivity contribution in [2.75, 3.05) is 32.8 Å². The zero-order valence-corrected chi connectivity index (χ0v) is 22.6. The molecule has 1 saturated carbocycles. The SMILES string of the molecule is CCO[C@@H](Cc1ccc(OCCN[C@H]2C3CN(C(=O)c4ccc(C(F)(F)F)cc4C(F)(F)F)C[C@@H]32)cc1)C(=O)O.Cl. The van der Waals surface area contributed by atoms with Gasteiger partial charge in [0.25, 0.3) is 5.91 Å². The van der Waals surface area contributed by atoms with E-state index in [4.69, 9.17) is 9.47 Å². The molecule has 0 aromatic heterocycles. The van der Waals surface area contributed by atoms with E-state index in [0.717, 1.165) is 5.56 Å². The largest absolute Gasteiger partial charge is 0.492 e. The minimum atomic E-state index is -5.11. The first-order valence-electron chi connectivity index (χ1n) is 12.7. The Morgan fingerprint density at radius 2 is 1.66 bits per heavy atom. The van der Waals surface area contributed by atoms with Gasteiger partial charge in [-0.25, -0.2) is 4.79 Å². The lowest BCUT2D eigenvalue weighted by Gasteiger charge is -2.23. The summed E-state index contributed by atoms with van der Waals surface area (Å²) in [6.07, 6.45) is -10.8. The van der Waals surface area contributed by atoms with Crippen molar-refractivity contribution < 1.29 is 50.5 Å². The number of fused-ring (bicyclic) bond motifs is 1. The monoisotopic (exact) mass is 610 g/mol. The molecular weight excluding hydrogens is 582 g/mol. The molecular formula is C27H29ClF6N2O5. The highest BCUT2D eigenvalue weighted by molar-refractivity contribution is 5.96. The van der Waals surface area contributed by atoms with Gasteiger partial charge >= 0.3 is 18.3 Å². The van der Waals surface area contributed by atoms with Crippen molar-refractivity contribution in [2.45, 2.75) is 37.8 Å². The first kappa shape index (κ1) is 32.5. The summed E-state index contributed by atoms with van der Waals surface area (Å²) in [6, 6.07) is 8.11. The maximum absolute atomic E-state index is 13.4. The number of piperidine rings is 1. The van der Waals surface area contributed by atoms with Crippen LogP contribution in [0.25, 0.3) is 0 Å². The Morgan fingerprint density at radius 3 is 2.20 bits per heavy atom. The minimum absolute atomic E-state index is 0. The summed E-state index contributed by atoms with van der Waals surface area (Å²) in [5, 5.41) is 12.5. The van der Waals surface area contributed by atoms with Crippen molar-refractivity contribution in [3.63, 3.8) is 0 Å². The summed E-state index contributed by atoms with van der Waals surface area (Å²) in [7, 11) is 0. The Morgan fingerprint density at radius 1 is 1.02 bits per heavy atom. The molecule has 4 atom stereocenters. The van der Waals surface area contributed by atoms with E-state index in [1.165, 1.54) is 4.90 Å². The molecule has 2 aromatic rings. The van der Waals surface area contributed by atoms with Crippen LogP contribution in [0.3, 0.4) is 0 Å². The summed E-state index contributed by atoms with van der Waals surface area (Å²) in [4.78, 5) is 25.3. The number of hydrogen-bond donors (Lipinski definition) is 2. The van der Waals surface area contributed by atoms with Gasteiger partial charge < -0.3 is 24.8 Å². The molecule has 0 spiro atoms. The van der Waals surface area contributed by atoms with Crippen LogP contribution in [0.1, 0.15) is 34.0 Å². The minimum Gasteiger partial charge on any atom is -0.492 e. The fourth-order valence-electron chi connectivity index (χ4n) is 5.06. The number of carboxylic acids is 1. The Bertz CT molecular complexity index is 1210. The second-order valence-corrected chi connectivity index (χ2v) is 9.75. The van der Waals surface area contributed by atoms with Crippen molar-refractivity contribution in [3.8, 4) is 5.75 Å². The number of hydrogen-bond acceptors (Lipinski definition) is 5. The fourth-order valence-corrected chi connectivity index (χ4v) is 5.06. The average molecular weight is 611 g/mol. The summed E-state index contributed by atoms with van der Waals surface area (Å²) < 4.78 is 90.0. The van der Waals surface area contributed by atoms with Crippen LogP contribution >= 0.6 is 12.4 Å². The van der Waals surface area contributed by atoms with Crippen molar-refractivity contribution in [3.05, 3.63) is 64.7 Å². The normalized spacial score (nSPS) is 20.7. The van der Waals surface area contributed by atoms with E-state index in [-0.39, 0.29) is 55.9 Å². The third-order valence-corrected chi connectivity index (χ3v) is 7.10. The van der Waals surface area contributed by atoms with Crippen LogP contribution in [0.2, 0.25) is 0 Å². The van der Waals surface area contributed by atoms with Crippen molar-refractivity contribution in [1.82, 2.24) is 10.2 Å². The molecule has 1 aliphatic carbocycles. The predicted molar refractivity (Wildman–Crippen MR) is 137 cm³/mol. The smallest absolute Gasteiger partial charge is 0.417 e. The molecule has 1 amide bonds. The number of alkyl halides is 6. The molecule has 1 unspecified atom stereocenters. The maximum atomic E-state index is 13.4. The summed E-state index contributed by atoms with van der Waals surface area (Å²) >= 11 is 0. The number of nitrogens with one attached hydrogen (secondary N) is 1. The maximum Gasteiger partial charge on any atom is 0.417 e. The van der Waals surface area contributed by atoms with Crippen molar-refractivity contribution in [1.29, 1.82) is 0 Å². The molecule has 1 aliphatic heterocycles. The number of carbonyl (C=O) groups is 2. The third-order valence-electron chi connectivity index (χ3n) is 7.10. The number of amides is 1. The quantitative estimate of drug-likeness (QED) is 0.278. The van der Waals surface area contributed by atoms with E-state index < -0.39 is 47.0 Å². The number of likely N-dealkylation sites (tertiary alicyclic amines) is 1. The first-order valence-corrected chi connectivity index (χ1v) is 12.7. The Kier molecular flexibility index (Phi) is 10.2. The average Bonchev–Trinajstić information content (AvgIpc) is 3.32. The Labute approximate surface area is 238 Å². The number of aliphatic carboxylic acids is 1. The third kappa shape index (κ3) is 7.83. The molecule has 2 aromatic carbocycles. The Hall–Kier alpha value is -3.03. The van der Waals surface area contributed by atoms with Gasteiger partial charge in [0.1, 0.15) is 12.4 Å². The van der Waals surface area contributed by atoms with Gasteiger partial charge in [-0.05, 0) is 54.7 Å². The zero-order valence-electron chi connectivity index (χ0n) is 21.8. The molecule has 4 rings (SSSR count). The number of halogens is 7. The van der Waals surface area contributed by atoms with Crippen LogP contribution in [0.5, 0.6) is 5.75 Å². The standard InChI is InChI=1S/C27H28F6N2O5.ClH/c1-2-39-22(25(37)38)11-15-3-6-17(7-4-15)40-10-9-34-23-19-13-35(14-20(19)23)24(36)18-8-5-16(26(28,29)30)12-21(18)27(31,32)33;/h3-8,12,19-20,22-23,34H,2,9-11,13-14H2,1H3,(H,37,38);1H/t19-,20?,22-,23+;/m0./s1. The topological polar surface area (TPSA) is 88.1 Å². The molecule has 2 N–H and O–H groups in total. The van der Waals surface area contributed by atoms with Gasteiger partial charge in [-0.2, -0.15) is 26.3 Å².